The summed E-state index contributed by atoms with van der Waals surface area (Å²) in [6.07, 6.45) is 10.1. The molecule has 0 radical (unpaired) electrons. The van der Waals surface area contributed by atoms with Gasteiger partial charge in [-0.05, 0) is 50.0 Å². The molecule has 0 saturated heterocycles. The number of hydrogen-bond donors (Lipinski definition) is 2. The van der Waals surface area contributed by atoms with Crippen molar-refractivity contribution in [3.8, 4) is 5.75 Å². The molecule has 5 nitrogen and oxygen atoms in total. The van der Waals surface area contributed by atoms with Crippen LogP contribution in [-0.2, 0) is 9.59 Å². The van der Waals surface area contributed by atoms with Crippen molar-refractivity contribution in [2.24, 2.45) is 5.92 Å². The van der Waals surface area contributed by atoms with Crippen molar-refractivity contribution < 1.29 is 24.5 Å². The highest BCUT2D eigenvalue weighted by molar-refractivity contribution is 8.00. The second-order valence-electron chi connectivity index (χ2n) is 6.93. The van der Waals surface area contributed by atoms with Gasteiger partial charge in [-0.2, -0.15) is 11.8 Å². The van der Waals surface area contributed by atoms with E-state index < -0.39 is 12.1 Å². The molecule has 0 fully saturated rings. The molecule has 3 unspecified atom stereocenters. The minimum atomic E-state index is -0.767. The van der Waals surface area contributed by atoms with Crippen LogP contribution in [0.3, 0.4) is 0 Å². The minimum Gasteiger partial charge on any atom is -0.491 e. The lowest BCUT2D eigenvalue weighted by atomic mass is 10.0. The fourth-order valence-corrected chi connectivity index (χ4v) is 4.34. The molecule has 1 aliphatic carbocycles. The Balaban J connectivity index is 1.68. The number of benzene rings is 1. The number of thioether (sulfide) groups is 1. The van der Waals surface area contributed by atoms with Crippen molar-refractivity contribution in [3.63, 3.8) is 0 Å². The Labute approximate surface area is 180 Å². The Bertz CT molecular complexity index is 734. The van der Waals surface area contributed by atoms with Crippen LogP contribution in [0, 0.1) is 5.92 Å². The smallest absolute Gasteiger partial charge is 0.303 e. The second kappa shape index (κ2) is 12.7. The van der Waals surface area contributed by atoms with Crippen LogP contribution >= 0.6 is 23.4 Å². The van der Waals surface area contributed by atoms with Gasteiger partial charge >= 0.3 is 5.97 Å². The first kappa shape index (κ1) is 23.5. The largest absolute Gasteiger partial charge is 0.491 e. The van der Waals surface area contributed by atoms with Gasteiger partial charge in [0, 0.05) is 28.4 Å². The van der Waals surface area contributed by atoms with Crippen LogP contribution in [-0.4, -0.2) is 45.7 Å². The number of aliphatic hydroxyl groups excluding tert-OH is 1. The summed E-state index contributed by atoms with van der Waals surface area (Å²) in [5.41, 5.74) is 0. The molecule has 1 aromatic rings. The van der Waals surface area contributed by atoms with Crippen LogP contribution in [0.15, 0.2) is 48.6 Å². The highest BCUT2D eigenvalue weighted by Gasteiger charge is 2.29. The third-order valence-electron chi connectivity index (χ3n) is 4.50. The maximum Gasteiger partial charge on any atom is 0.303 e. The molecule has 7 heteroatoms. The molecule has 29 heavy (non-hydrogen) atoms. The SMILES string of the molecule is O=C(O)CCCC/C=C\CC1C(=O)C=CC1SCC(O)COc1cccc(Cl)c1. The number of unbranched alkanes of at least 4 members (excludes halogenated alkanes) is 2. The predicted octanol–water partition coefficient (Wildman–Crippen LogP) is 4.53. The fourth-order valence-electron chi connectivity index (χ4n) is 2.95. The van der Waals surface area contributed by atoms with Crippen LogP contribution < -0.4 is 4.74 Å². The van der Waals surface area contributed by atoms with E-state index in [1.54, 1.807) is 42.1 Å². The second-order valence-corrected chi connectivity index (χ2v) is 8.58. The Kier molecular flexibility index (Phi) is 10.3. The Morgan fingerprint density at radius 3 is 2.90 bits per heavy atom. The summed E-state index contributed by atoms with van der Waals surface area (Å²) in [5.74, 6) is 0.317. The predicted molar refractivity (Wildman–Crippen MR) is 117 cm³/mol. The lowest BCUT2D eigenvalue weighted by Crippen LogP contribution is -2.24. The quantitative estimate of drug-likeness (QED) is 0.348. The lowest BCUT2D eigenvalue weighted by Gasteiger charge is -2.18. The summed E-state index contributed by atoms with van der Waals surface area (Å²) in [6.45, 7) is 0.165. The number of carbonyl (C=O) groups excluding carboxylic acids is 1. The zero-order chi connectivity index (χ0) is 21.1. The van der Waals surface area contributed by atoms with Gasteiger partial charge in [-0.1, -0.05) is 35.9 Å². The zero-order valence-electron chi connectivity index (χ0n) is 16.2. The molecular formula is C22H27ClO5S. The topological polar surface area (TPSA) is 83.8 Å². The van der Waals surface area contributed by atoms with Crippen LogP contribution in [0.1, 0.15) is 32.1 Å². The molecule has 158 valence electrons. The van der Waals surface area contributed by atoms with Crippen molar-refractivity contribution in [3.05, 3.63) is 53.6 Å². The first-order chi connectivity index (χ1) is 14.0. The maximum absolute atomic E-state index is 12.1. The summed E-state index contributed by atoms with van der Waals surface area (Å²) < 4.78 is 5.56. The van der Waals surface area contributed by atoms with E-state index in [1.807, 2.05) is 18.2 Å². The van der Waals surface area contributed by atoms with Gasteiger partial charge < -0.3 is 14.9 Å². The van der Waals surface area contributed by atoms with Crippen LogP contribution in [0.4, 0.5) is 0 Å². The first-order valence-corrected chi connectivity index (χ1v) is 11.1. The Morgan fingerprint density at radius 1 is 1.31 bits per heavy atom. The van der Waals surface area contributed by atoms with Gasteiger partial charge in [0.1, 0.15) is 12.4 Å². The molecule has 2 N–H and O–H groups in total. The van der Waals surface area contributed by atoms with Crippen molar-refractivity contribution in [2.45, 2.75) is 43.5 Å². The van der Waals surface area contributed by atoms with Crippen LogP contribution in [0.25, 0.3) is 0 Å². The Morgan fingerprint density at radius 2 is 2.14 bits per heavy atom. The third-order valence-corrected chi connectivity index (χ3v) is 6.18. The number of carboxylic acids is 1. The van der Waals surface area contributed by atoms with E-state index in [0.717, 1.165) is 12.8 Å². The van der Waals surface area contributed by atoms with E-state index in [9.17, 15) is 14.7 Å². The highest BCUT2D eigenvalue weighted by atomic mass is 35.5. The number of ketones is 1. The van der Waals surface area contributed by atoms with E-state index >= 15 is 0 Å². The van der Waals surface area contributed by atoms with Crippen molar-refractivity contribution in [1.29, 1.82) is 0 Å². The number of carbonyl (C=O) groups is 2. The average molecular weight is 439 g/mol. The van der Waals surface area contributed by atoms with Gasteiger partial charge in [0.15, 0.2) is 5.78 Å². The van der Waals surface area contributed by atoms with E-state index in [-0.39, 0.29) is 30.0 Å². The van der Waals surface area contributed by atoms with Gasteiger partial charge in [-0.25, -0.2) is 0 Å². The average Bonchev–Trinajstić information content (AvgIpc) is 3.03. The summed E-state index contributed by atoms with van der Waals surface area (Å²) in [7, 11) is 0. The molecule has 0 bridgehead atoms. The summed E-state index contributed by atoms with van der Waals surface area (Å²) >= 11 is 7.47. The molecule has 0 aliphatic heterocycles. The molecule has 0 aromatic heterocycles. The lowest BCUT2D eigenvalue weighted by molar-refractivity contribution is -0.137. The molecule has 0 spiro atoms. The molecule has 0 heterocycles. The van der Waals surface area contributed by atoms with Crippen molar-refractivity contribution in [2.75, 3.05) is 12.4 Å². The van der Waals surface area contributed by atoms with Gasteiger partial charge in [0.2, 0.25) is 0 Å². The van der Waals surface area contributed by atoms with E-state index in [1.165, 1.54) is 0 Å². The van der Waals surface area contributed by atoms with Gasteiger partial charge in [0.05, 0.1) is 6.10 Å². The van der Waals surface area contributed by atoms with Crippen molar-refractivity contribution in [1.82, 2.24) is 0 Å². The molecule has 2 rings (SSSR count). The molecular weight excluding hydrogens is 412 g/mol. The zero-order valence-corrected chi connectivity index (χ0v) is 17.8. The van der Waals surface area contributed by atoms with E-state index in [0.29, 0.717) is 29.4 Å². The number of carboxylic acid groups (broad SMARTS) is 1. The molecule has 1 aromatic carbocycles. The number of allylic oxidation sites excluding steroid dienone is 3. The number of halogens is 1. The first-order valence-electron chi connectivity index (χ1n) is 9.72. The number of rotatable bonds is 13. The highest BCUT2D eigenvalue weighted by Crippen LogP contribution is 2.31. The van der Waals surface area contributed by atoms with Crippen molar-refractivity contribution >= 4 is 35.1 Å². The number of hydrogen-bond acceptors (Lipinski definition) is 5. The normalized spacial score (nSPS) is 19.7. The fraction of sp³-hybridized carbons (Fsp3) is 0.455. The summed E-state index contributed by atoms with van der Waals surface area (Å²) in [6, 6.07) is 7.03. The van der Waals surface area contributed by atoms with E-state index in [2.05, 4.69) is 0 Å². The number of aliphatic carboxylic acids is 1. The van der Waals surface area contributed by atoms with Gasteiger partial charge in [0.25, 0.3) is 0 Å². The van der Waals surface area contributed by atoms with Crippen LogP contribution in [0.5, 0.6) is 5.75 Å². The number of aliphatic hydroxyl groups is 1. The summed E-state index contributed by atoms with van der Waals surface area (Å²) in [5, 5.41) is 19.4. The monoisotopic (exact) mass is 438 g/mol. The van der Waals surface area contributed by atoms with Crippen LogP contribution in [0.2, 0.25) is 5.02 Å². The Hall–Kier alpha value is -1.76. The molecule has 0 amide bonds. The minimum absolute atomic E-state index is 0.0416. The van der Waals surface area contributed by atoms with Gasteiger partial charge in [-0.15, -0.1) is 0 Å². The van der Waals surface area contributed by atoms with Gasteiger partial charge in [-0.3, -0.25) is 9.59 Å². The molecule has 0 saturated carbocycles. The third kappa shape index (κ3) is 9.07. The summed E-state index contributed by atoms with van der Waals surface area (Å²) in [4.78, 5) is 22.6. The molecule has 1 aliphatic rings. The standard InChI is InChI=1S/C22H27ClO5S/c23-16-7-6-8-18(13-16)28-14-17(24)15-29-21-12-11-20(25)19(21)9-4-2-1-3-5-10-22(26)27/h2,4,6-8,11-13,17,19,21,24H,1,3,5,9-10,14-15H2,(H,26,27)/b4-2-. The molecule has 3 atom stereocenters. The maximum atomic E-state index is 12.1. The number of ether oxygens (including phenoxy) is 1. The van der Waals surface area contributed by atoms with E-state index in [4.69, 9.17) is 21.4 Å².